The van der Waals surface area contributed by atoms with Crippen molar-refractivity contribution in [1.82, 2.24) is 4.57 Å². The molecule has 10 aromatic carbocycles. The van der Waals surface area contributed by atoms with E-state index in [1.165, 1.54) is 133 Å². The lowest BCUT2D eigenvalue weighted by atomic mass is 9.80. The number of nitrogens with zero attached hydrogens (tertiary/aromatic N) is 1. The highest BCUT2D eigenvalue weighted by Crippen LogP contribution is 2.53. The van der Waals surface area contributed by atoms with Gasteiger partial charge in [-0.2, -0.15) is 0 Å². The first-order valence-electron chi connectivity index (χ1n) is 24.1. The summed E-state index contributed by atoms with van der Waals surface area (Å²) in [6, 6.07) is 77.2. The first-order chi connectivity index (χ1) is 33.1. The van der Waals surface area contributed by atoms with Crippen molar-refractivity contribution in [1.29, 1.82) is 0 Å². The summed E-state index contributed by atoms with van der Waals surface area (Å²) in [4.78, 5) is 0. The van der Waals surface area contributed by atoms with Gasteiger partial charge in [0.05, 0.1) is 11.0 Å². The van der Waals surface area contributed by atoms with Gasteiger partial charge in [-0.05, 0) is 155 Å². The largest absolute Gasteiger partial charge is 0.309 e. The summed E-state index contributed by atoms with van der Waals surface area (Å²) in [6.45, 7) is 11.7. The Morgan fingerprint density at radius 1 is 0.338 bits per heavy atom. The zero-order valence-electron chi connectivity index (χ0n) is 39.2. The predicted molar refractivity (Wildman–Crippen MR) is 290 cm³/mol. The van der Waals surface area contributed by atoms with E-state index < -0.39 is 0 Å². The highest BCUT2D eigenvalue weighted by Gasteiger charge is 2.37. The van der Waals surface area contributed by atoms with Gasteiger partial charge in [0.25, 0.3) is 0 Å². The number of aromatic nitrogens is 1. The van der Waals surface area contributed by atoms with Crippen molar-refractivity contribution in [3.8, 4) is 61.3 Å². The molecule has 0 bridgehead atoms. The molecule has 0 fully saturated rings. The summed E-state index contributed by atoms with van der Waals surface area (Å²) in [7, 11) is 0. The van der Waals surface area contributed by atoms with Crippen LogP contribution in [-0.2, 0) is 10.8 Å². The van der Waals surface area contributed by atoms with E-state index in [-0.39, 0.29) is 10.8 Å². The Hall–Kier alpha value is -8.00. The molecule has 0 saturated carbocycles. The van der Waals surface area contributed by atoms with Gasteiger partial charge < -0.3 is 4.57 Å². The fraction of sp³-hybridized carbons (Fsp3) is 0.104. The molecule has 0 spiro atoms. The summed E-state index contributed by atoms with van der Waals surface area (Å²) in [5.41, 5.74) is 25.7. The summed E-state index contributed by atoms with van der Waals surface area (Å²) in [6.07, 6.45) is 4.43. The SMILES string of the molecule is Cc1ccc2c(c1)C(C)(C)c1cc(-c3ccc4c(c3)C(C)(C)c3cc(-c5ccc(/C=C/c6ccc(-c7ccc8c(c7)c7ccccc7n8-c7ccc8ccccc8c7)cc6)cc5)ccc3-4)ccc1-2. The van der Waals surface area contributed by atoms with Gasteiger partial charge in [-0.3, -0.25) is 0 Å². The number of hydrogen-bond acceptors (Lipinski definition) is 0. The highest BCUT2D eigenvalue weighted by molar-refractivity contribution is 6.10. The molecule has 0 unspecified atom stereocenters. The van der Waals surface area contributed by atoms with Gasteiger partial charge in [-0.25, -0.2) is 0 Å². The molecule has 1 heterocycles. The Balaban J connectivity index is 0.726. The van der Waals surface area contributed by atoms with E-state index >= 15 is 0 Å². The second-order valence-corrected chi connectivity index (χ2v) is 20.3. The van der Waals surface area contributed by atoms with E-state index in [0.29, 0.717) is 0 Å². The Bertz CT molecular complexity index is 3890. The fourth-order valence-corrected chi connectivity index (χ4v) is 11.6. The summed E-state index contributed by atoms with van der Waals surface area (Å²) >= 11 is 0. The fourth-order valence-electron chi connectivity index (χ4n) is 11.6. The number of para-hydroxylation sites is 1. The molecule has 0 N–H and O–H groups in total. The number of aryl methyl sites for hydroxylation is 1. The van der Waals surface area contributed by atoms with Crippen molar-refractivity contribution < 1.29 is 0 Å². The average Bonchev–Trinajstić information content (AvgIpc) is 3.91. The molecular formula is C67H51N. The molecule has 0 amide bonds. The van der Waals surface area contributed by atoms with Crippen LogP contribution < -0.4 is 0 Å². The van der Waals surface area contributed by atoms with Crippen LogP contribution in [0.5, 0.6) is 0 Å². The van der Waals surface area contributed by atoms with E-state index in [1.807, 2.05) is 0 Å². The van der Waals surface area contributed by atoms with Gasteiger partial charge in [0.2, 0.25) is 0 Å². The van der Waals surface area contributed by atoms with Crippen LogP contribution in [0.4, 0.5) is 0 Å². The van der Waals surface area contributed by atoms with Crippen LogP contribution in [0.25, 0.3) is 106 Å². The lowest BCUT2D eigenvalue weighted by Gasteiger charge is -2.23. The third-order valence-electron chi connectivity index (χ3n) is 15.5. The van der Waals surface area contributed by atoms with Crippen LogP contribution in [-0.4, -0.2) is 4.57 Å². The van der Waals surface area contributed by atoms with Gasteiger partial charge in [0, 0.05) is 27.3 Å². The van der Waals surface area contributed by atoms with Crippen LogP contribution in [0.2, 0.25) is 0 Å². The van der Waals surface area contributed by atoms with Crippen molar-refractivity contribution in [3.63, 3.8) is 0 Å². The minimum Gasteiger partial charge on any atom is -0.309 e. The standard InChI is InChI=1S/C67H51N/c1-42-14-31-54-55-33-27-51(40-62(55)66(2,3)60(54)36-42)52-28-34-57-56-32-26-50(39-61(56)67(4,5)63(57)41-52)47-23-19-44(20-24-47)16-15-43-17-21-46(22-18-43)49-29-35-65-59(38-49)58-12-8-9-13-64(58)68(65)53-30-25-45-10-6-7-11-48(45)37-53/h6-41H,1-5H3/b16-15+. The molecular weight excluding hydrogens is 819 g/mol. The number of benzene rings is 10. The smallest absolute Gasteiger partial charge is 0.0541 e. The normalized spacial score (nSPS) is 14.1. The summed E-state index contributed by atoms with van der Waals surface area (Å²) in [5.74, 6) is 0. The molecule has 324 valence electrons. The molecule has 1 nitrogen and oxygen atoms in total. The van der Waals surface area contributed by atoms with Gasteiger partial charge >= 0.3 is 0 Å². The maximum atomic E-state index is 2.46. The Morgan fingerprint density at radius 3 is 1.37 bits per heavy atom. The highest BCUT2D eigenvalue weighted by atomic mass is 15.0. The van der Waals surface area contributed by atoms with Gasteiger partial charge in [-0.15, -0.1) is 0 Å². The Kier molecular flexibility index (Phi) is 8.89. The third-order valence-corrected chi connectivity index (χ3v) is 15.5. The molecule has 2 aliphatic carbocycles. The van der Waals surface area contributed by atoms with Crippen molar-refractivity contribution in [2.45, 2.75) is 45.4 Å². The van der Waals surface area contributed by atoms with E-state index in [0.717, 1.165) is 0 Å². The van der Waals surface area contributed by atoms with E-state index in [4.69, 9.17) is 0 Å². The summed E-state index contributed by atoms with van der Waals surface area (Å²) in [5, 5.41) is 5.03. The van der Waals surface area contributed by atoms with E-state index in [9.17, 15) is 0 Å². The molecule has 0 aliphatic heterocycles. The lowest BCUT2D eigenvalue weighted by Crippen LogP contribution is -2.15. The predicted octanol–water partition coefficient (Wildman–Crippen LogP) is 18.0. The molecule has 68 heavy (non-hydrogen) atoms. The monoisotopic (exact) mass is 869 g/mol. The Morgan fingerprint density at radius 2 is 0.779 bits per heavy atom. The molecule has 13 rings (SSSR count). The van der Waals surface area contributed by atoms with Crippen LogP contribution in [0, 0.1) is 6.92 Å². The van der Waals surface area contributed by atoms with Crippen molar-refractivity contribution in [2.24, 2.45) is 0 Å². The first kappa shape index (κ1) is 40.3. The maximum absolute atomic E-state index is 2.46. The average molecular weight is 870 g/mol. The van der Waals surface area contributed by atoms with Crippen LogP contribution in [0.1, 0.15) is 66.6 Å². The van der Waals surface area contributed by atoms with Gasteiger partial charge in [0.15, 0.2) is 0 Å². The van der Waals surface area contributed by atoms with Crippen molar-refractivity contribution >= 4 is 44.7 Å². The number of hydrogen-bond donors (Lipinski definition) is 0. The maximum Gasteiger partial charge on any atom is 0.0541 e. The third kappa shape index (κ3) is 6.30. The molecule has 11 aromatic rings. The molecule has 0 saturated heterocycles. The van der Waals surface area contributed by atoms with Gasteiger partial charge in [-0.1, -0.05) is 203 Å². The van der Waals surface area contributed by atoms with Crippen LogP contribution >= 0.6 is 0 Å². The topological polar surface area (TPSA) is 4.93 Å². The van der Waals surface area contributed by atoms with Crippen molar-refractivity contribution in [3.05, 3.63) is 245 Å². The van der Waals surface area contributed by atoms with Crippen molar-refractivity contribution in [2.75, 3.05) is 0 Å². The molecule has 1 aromatic heterocycles. The minimum absolute atomic E-state index is 0.0278. The number of fused-ring (bicyclic) bond motifs is 10. The zero-order valence-corrected chi connectivity index (χ0v) is 39.2. The second-order valence-electron chi connectivity index (χ2n) is 20.3. The Labute approximate surface area is 399 Å². The minimum atomic E-state index is -0.121. The summed E-state index contributed by atoms with van der Waals surface area (Å²) < 4.78 is 2.40. The second kappa shape index (κ2) is 15.0. The zero-order chi connectivity index (χ0) is 45.9. The quantitative estimate of drug-likeness (QED) is 0.147. The van der Waals surface area contributed by atoms with E-state index in [1.54, 1.807) is 0 Å². The lowest BCUT2D eigenvalue weighted by molar-refractivity contribution is 0.659. The van der Waals surface area contributed by atoms with Gasteiger partial charge in [0.1, 0.15) is 0 Å². The molecule has 2 aliphatic rings. The van der Waals surface area contributed by atoms with E-state index in [2.05, 4.69) is 258 Å². The number of rotatable bonds is 6. The molecule has 0 atom stereocenters. The molecule has 0 radical (unpaired) electrons. The van der Waals surface area contributed by atoms with Crippen LogP contribution in [0.15, 0.2) is 206 Å². The van der Waals surface area contributed by atoms with Crippen LogP contribution in [0.3, 0.4) is 0 Å². The first-order valence-corrected chi connectivity index (χ1v) is 24.1. The molecule has 1 heteroatoms.